The minimum atomic E-state index is -3.82. The fraction of sp³-hybridized carbons (Fsp3) is 0.130. The van der Waals surface area contributed by atoms with Gasteiger partial charge in [-0.3, -0.25) is 9.10 Å². The maximum atomic E-state index is 13.2. The average Bonchev–Trinajstić information content (AvgIpc) is 3.24. The molecule has 0 saturated heterocycles. The predicted octanol–water partition coefficient (Wildman–Crippen LogP) is 4.16. The van der Waals surface area contributed by atoms with Crippen molar-refractivity contribution in [3.05, 3.63) is 81.8 Å². The van der Waals surface area contributed by atoms with E-state index in [0.29, 0.717) is 28.9 Å². The Morgan fingerprint density at radius 2 is 1.79 bits per heavy atom. The molecule has 170 valence electrons. The molecule has 4 rings (SSSR count). The number of sulfonamides is 1. The van der Waals surface area contributed by atoms with Gasteiger partial charge in [-0.2, -0.15) is 0 Å². The lowest BCUT2D eigenvalue weighted by Crippen LogP contribution is -2.29. The predicted molar refractivity (Wildman–Crippen MR) is 127 cm³/mol. The highest BCUT2D eigenvalue weighted by molar-refractivity contribution is 9.10. The Kier molecular flexibility index (Phi) is 6.13. The number of ether oxygens (including phenoxy) is 1. The highest BCUT2D eigenvalue weighted by atomic mass is 79.9. The van der Waals surface area contributed by atoms with Crippen LogP contribution in [0.3, 0.4) is 0 Å². The van der Waals surface area contributed by atoms with E-state index in [1.807, 2.05) is 6.07 Å². The molecule has 0 fully saturated rings. The number of carbonyl (C=O) groups is 2. The minimum Gasteiger partial charge on any atom is -0.497 e. The summed E-state index contributed by atoms with van der Waals surface area (Å²) in [5.74, 6) is -1.07. The number of anilines is 2. The van der Waals surface area contributed by atoms with Gasteiger partial charge in [-0.15, -0.1) is 0 Å². The van der Waals surface area contributed by atoms with Crippen LogP contribution in [0.2, 0.25) is 0 Å². The van der Waals surface area contributed by atoms with E-state index in [2.05, 4.69) is 21.2 Å². The van der Waals surface area contributed by atoms with E-state index in [9.17, 15) is 23.1 Å². The van der Waals surface area contributed by atoms with E-state index in [-0.39, 0.29) is 21.7 Å². The monoisotopic (exact) mass is 530 g/mol. The first-order valence-electron chi connectivity index (χ1n) is 9.84. The number of nitrogens with one attached hydrogen (secondary N) is 1. The van der Waals surface area contributed by atoms with Crippen LogP contribution in [0.4, 0.5) is 11.4 Å². The van der Waals surface area contributed by atoms with Crippen LogP contribution in [0.25, 0.3) is 0 Å². The fourth-order valence-electron chi connectivity index (χ4n) is 3.63. The topological polar surface area (TPSA) is 113 Å². The van der Waals surface area contributed by atoms with Crippen LogP contribution < -0.4 is 14.4 Å². The number of methoxy groups -OCH3 is 1. The number of halogens is 1. The lowest BCUT2D eigenvalue weighted by Gasteiger charge is -2.20. The van der Waals surface area contributed by atoms with Crippen LogP contribution in [0, 0.1) is 0 Å². The molecular weight excluding hydrogens is 512 g/mol. The van der Waals surface area contributed by atoms with Crippen LogP contribution in [-0.4, -0.2) is 39.1 Å². The lowest BCUT2D eigenvalue weighted by molar-refractivity contribution is 0.0698. The lowest BCUT2D eigenvalue weighted by atomic mass is 10.1. The zero-order chi connectivity index (χ0) is 23.8. The van der Waals surface area contributed by atoms with Crippen LogP contribution in [0.5, 0.6) is 5.75 Å². The number of carboxylic acids is 1. The van der Waals surface area contributed by atoms with Crippen LogP contribution in [-0.2, 0) is 16.4 Å². The first kappa shape index (κ1) is 22.8. The first-order chi connectivity index (χ1) is 15.7. The number of amides is 1. The second-order valence-corrected chi connectivity index (χ2v) is 10.1. The Morgan fingerprint density at radius 1 is 1.06 bits per heavy atom. The van der Waals surface area contributed by atoms with Crippen molar-refractivity contribution >= 4 is 49.2 Å². The van der Waals surface area contributed by atoms with E-state index in [4.69, 9.17) is 4.74 Å². The molecule has 0 aromatic heterocycles. The van der Waals surface area contributed by atoms with Crippen molar-refractivity contribution in [3.8, 4) is 5.75 Å². The van der Waals surface area contributed by atoms with E-state index in [1.54, 1.807) is 25.3 Å². The van der Waals surface area contributed by atoms with E-state index in [0.717, 1.165) is 5.56 Å². The van der Waals surface area contributed by atoms with Gasteiger partial charge < -0.3 is 15.2 Å². The van der Waals surface area contributed by atoms with E-state index >= 15 is 0 Å². The van der Waals surface area contributed by atoms with Crippen molar-refractivity contribution in [3.63, 3.8) is 0 Å². The van der Waals surface area contributed by atoms with Crippen LogP contribution in [0.1, 0.15) is 26.3 Å². The quantitative estimate of drug-likeness (QED) is 0.494. The number of hydrogen-bond acceptors (Lipinski definition) is 5. The summed E-state index contributed by atoms with van der Waals surface area (Å²) >= 11 is 3.20. The summed E-state index contributed by atoms with van der Waals surface area (Å²) in [5.41, 5.74) is 1.75. The third kappa shape index (κ3) is 4.44. The Balaban J connectivity index is 1.56. The Hall–Kier alpha value is -3.37. The third-order valence-electron chi connectivity index (χ3n) is 5.30. The van der Waals surface area contributed by atoms with Crippen molar-refractivity contribution in [2.75, 3.05) is 23.3 Å². The number of rotatable bonds is 6. The highest BCUT2D eigenvalue weighted by Crippen LogP contribution is 2.35. The molecule has 1 aliphatic rings. The van der Waals surface area contributed by atoms with Gasteiger partial charge in [0.2, 0.25) is 0 Å². The van der Waals surface area contributed by atoms with Crippen molar-refractivity contribution in [1.29, 1.82) is 0 Å². The number of carbonyl (C=O) groups excluding carboxylic acids is 1. The summed E-state index contributed by atoms with van der Waals surface area (Å²) in [6, 6.07) is 15.3. The van der Waals surface area contributed by atoms with Crippen molar-refractivity contribution in [1.82, 2.24) is 0 Å². The molecule has 0 aliphatic carbocycles. The average molecular weight is 531 g/mol. The van der Waals surface area contributed by atoms with Gasteiger partial charge in [-0.05, 0) is 72.6 Å². The molecule has 0 unspecified atom stereocenters. The van der Waals surface area contributed by atoms with Crippen molar-refractivity contribution in [2.24, 2.45) is 0 Å². The van der Waals surface area contributed by atoms with Gasteiger partial charge >= 0.3 is 5.97 Å². The molecule has 33 heavy (non-hydrogen) atoms. The van der Waals surface area contributed by atoms with Gasteiger partial charge in [0, 0.05) is 16.6 Å². The van der Waals surface area contributed by atoms with Gasteiger partial charge in [0.15, 0.2) is 0 Å². The molecule has 0 saturated carbocycles. The summed E-state index contributed by atoms with van der Waals surface area (Å²) in [7, 11) is -2.26. The summed E-state index contributed by atoms with van der Waals surface area (Å²) in [6.45, 7) is 0.314. The maximum Gasteiger partial charge on any atom is 0.337 e. The second-order valence-electron chi connectivity index (χ2n) is 7.30. The SMILES string of the molecule is COc1ccc2c(c1)CCN2S(=O)(=O)c1ccc(C(=O)Nc2ccc(Br)cc2C(=O)O)cc1. The van der Waals surface area contributed by atoms with E-state index < -0.39 is 21.9 Å². The maximum absolute atomic E-state index is 13.2. The zero-order valence-corrected chi connectivity index (χ0v) is 19.8. The second kappa shape index (κ2) is 8.87. The summed E-state index contributed by atoms with van der Waals surface area (Å²) in [5, 5.41) is 11.9. The molecule has 8 nitrogen and oxygen atoms in total. The number of carboxylic acid groups (broad SMARTS) is 1. The molecule has 0 radical (unpaired) electrons. The first-order valence-corrected chi connectivity index (χ1v) is 12.1. The number of benzene rings is 3. The molecule has 3 aromatic rings. The summed E-state index contributed by atoms with van der Waals surface area (Å²) in [6.07, 6.45) is 0.575. The Labute approximate surface area is 199 Å². The number of aromatic carboxylic acids is 1. The van der Waals surface area contributed by atoms with Gasteiger partial charge in [-0.1, -0.05) is 15.9 Å². The molecule has 1 amide bonds. The van der Waals surface area contributed by atoms with Crippen LogP contribution >= 0.6 is 15.9 Å². The van der Waals surface area contributed by atoms with Crippen molar-refractivity contribution in [2.45, 2.75) is 11.3 Å². The molecule has 0 bridgehead atoms. The number of nitrogens with zero attached hydrogens (tertiary/aromatic N) is 1. The molecule has 0 spiro atoms. The smallest absolute Gasteiger partial charge is 0.337 e. The largest absolute Gasteiger partial charge is 0.497 e. The van der Waals surface area contributed by atoms with E-state index in [1.165, 1.54) is 40.7 Å². The molecule has 3 aromatic carbocycles. The van der Waals surface area contributed by atoms with Gasteiger partial charge in [0.05, 0.1) is 28.9 Å². The number of hydrogen-bond donors (Lipinski definition) is 2. The van der Waals surface area contributed by atoms with Gasteiger partial charge in [0.25, 0.3) is 15.9 Å². The Bertz CT molecular complexity index is 1360. The molecule has 0 atom stereocenters. The zero-order valence-electron chi connectivity index (χ0n) is 17.4. The Morgan fingerprint density at radius 3 is 2.45 bits per heavy atom. The molecular formula is C23H19BrN2O6S. The van der Waals surface area contributed by atoms with Gasteiger partial charge in [0.1, 0.15) is 5.75 Å². The molecule has 1 aliphatic heterocycles. The summed E-state index contributed by atoms with van der Waals surface area (Å²) < 4.78 is 33.5. The summed E-state index contributed by atoms with van der Waals surface area (Å²) in [4.78, 5) is 24.1. The highest BCUT2D eigenvalue weighted by Gasteiger charge is 2.31. The number of fused-ring (bicyclic) bond motifs is 1. The normalized spacial score (nSPS) is 12.8. The standard InChI is InChI=1S/C23H19BrN2O6S/c1-32-17-5-9-21-15(12-17)10-11-26(21)33(30,31)18-6-2-14(3-7-18)22(27)25-20-8-4-16(24)13-19(20)23(28)29/h2-9,12-13H,10-11H2,1H3,(H,25,27)(H,28,29). The minimum absolute atomic E-state index is 0.0533. The fourth-order valence-corrected chi connectivity index (χ4v) is 5.49. The molecule has 1 heterocycles. The third-order valence-corrected chi connectivity index (χ3v) is 7.62. The van der Waals surface area contributed by atoms with Gasteiger partial charge in [-0.25, -0.2) is 13.2 Å². The van der Waals surface area contributed by atoms with Crippen LogP contribution in [0.15, 0.2) is 70.0 Å². The van der Waals surface area contributed by atoms with Crippen molar-refractivity contribution < 1.29 is 27.9 Å². The molecule has 10 heteroatoms. The molecule has 2 N–H and O–H groups in total.